The lowest BCUT2D eigenvalue weighted by Crippen LogP contribution is -2.47. The second-order valence-electron chi connectivity index (χ2n) is 8.39. The SMILES string of the molecule is Cn1cnc(S(=O)(=O)N2CCC(N(CCN3CCCCC3)C(=O)C3CC3)C2)c1. The molecule has 2 saturated heterocycles. The van der Waals surface area contributed by atoms with E-state index in [0.717, 1.165) is 32.5 Å². The van der Waals surface area contributed by atoms with Crippen molar-refractivity contribution in [2.45, 2.75) is 49.6 Å². The van der Waals surface area contributed by atoms with Gasteiger partial charge in [-0.1, -0.05) is 6.42 Å². The molecule has 3 heterocycles. The summed E-state index contributed by atoms with van der Waals surface area (Å²) in [6.07, 6.45) is 9.44. The largest absolute Gasteiger partial charge is 0.339 e. The third-order valence-corrected chi connectivity index (χ3v) is 7.92. The number of amides is 1. The standard InChI is InChI=1S/C19H31N5O3S/c1-21-14-18(20-15-21)28(26,27)23-10-7-17(13-23)24(19(25)16-5-6-16)12-11-22-8-3-2-4-9-22/h14-17H,2-13H2,1H3. The van der Waals surface area contributed by atoms with Crippen molar-refractivity contribution in [1.29, 1.82) is 0 Å². The Morgan fingerprint density at radius 3 is 2.57 bits per heavy atom. The van der Waals surface area contributed by atoms with Crippen molar-refractivity contribution in [2.75, 3.05) is 39.3 Å². The fourth-order valence-corrected chi connectivity index (χ4v) is 5.77. The van der Waals surface area contributed by atoms with E-state index in [1.807, 2.05) is 4.90 Å². The molecule has 1 unspecified atom stereocenters. The van der Waals surface area contributed by atoms with Gasteiger partial charge in [0.05, 0.1) is 6.33 Å². The normalized spacial score (nSPS) is 24.5. The molecule has 3 aliphatic rings. The highest BCUT2D eigenvalue weighted by Gasteiger charge is 2.41. The van der Waals surface area contributed by atoms with Crippen LogP contribution in [-0.2, 0) is 21.9 Å². The molecular weight excluding hydrogens is 378 g/mol. The Morgan fingerprint density at radius 1 is 1.18 bits per heavy atom. The van der Waals surface area contributed by atoms with E-state index in [4.69, 9.17) is 0 Å². The lowest BCUT2D eigenvalue weighted by atomic mass is 10.1. The summed E-state index contributed by atoms with van der Waals surface area (Å²) in [5.41, 5.74) is 0. The van der Waals surface area contributed by atoms with E-state index in [1.165, 1.54) is 36.1 Å². The van der Waals surface area contributed by atoms with Crippen LogP contribution in [0, 0.1) is 5.92 Å². The first-order valence-electron chi connectivity index (χ1n) is 10.5. The zero-order valence-corrected chi connectivity index (χ0v) is 17.5. The van der Waals surface area contributed by atoms with Crippen LogP contribution in [0.1, 0.15) is 38.5 Å². The van der Waals surface area contributed by atoms with Gasteiger partial charge in [0.15, 0.2) is 5.03 Å². The summed E-state index contributed by atoms with van der Waals surface area (Å²) >= 11 is 0. The topological polar surface area (TPSA) is 78.8 Å². The van der Waals surface area contributed by atoms with Crippen molar-refractivity contribution >= 4 is 15.9 Å². The zero-order valence-electron chi connectivity index (χ0n) is 16.7. The quantitative estimate of drug-likeness (QED) is 0.669. The maximum absolute atomic E-state index is 12.9. The minimum Gasteiger partial charge on any atom is -0.339 e. The van der Waals surface area contributed by atoms with Crippen LogP contribution >= 0.6 is 0 Å². The molecule has 0 bridgehead atoms. The molecule has 28 heavy (non-hydrogen) atoms. The van der Waals surface area contributed by atoms with Crippen molar-refractivity contribution in [2.24, 2.45) is 13.0 Å². The van der Waals surface area contributed by atoms with Crippen molar-refractivity contribution in [3.05, 3.63) is 12.5 Å². The van der Waals surface area contributed by atoms with Gasteiger partial charge in [0.1, 0.15) is 0 Å². The molecule has 1 aliphatic carbocycles. The molecule has 4 rings (SSSR count). The highest BCUT2D eigenvalue weighted by atomic mass is 32.2. The molecule has 3 fully saturated rings. The molecule has 1 aromatic heterocycles. The van der Waals surface area contributed by atoms with Crippen LogP contribution in [0.5, 0.6) is 0 Å². The van der Waals surface area contributed by atoms with E-state index in [9.17, 15) is 13.2 Å². The highest BCUT2D eigenvalue weighted by molar-refractivity contribution is 7.89. The van der Waals surface area contributed by atoms with Gasteiger partial charge >= 0.3 is 0 Å². The highest BCUT2D eigenvalue weighted by Crippen LogP contribution is 2.33. The molecule has 8 nitrogen and oxygen atoms in total. The Balaban J connectivity index is 1.42. The Morgan fingerprint density at radius 2 is 1.93 bits per heavy atom. The summed E-state index contributed by atoms with van der Waals surface area (Å²) in [5, 5.41) is 0.0871. The van der Waals surface area contributed by atoms with Crippen LogP contribution in [-0.4, -0.2) is 83.3 Å². The van der Waals surface area contributed by atoms with Crippen molar-refractivity contribution in [1.82, 2.24) is 23.7 Å². The number of aromatic nitrogens is 2. The van der Waals surface area contributed by atoms with Gasteiger partial charge in [0.2, 0.25) is 5.91 Å². The number of likely N-dealkylation sites (tertiary alicyclic amines) is 1. The van der Waals surface area contributed by atoms with Gasteiger partial charge in [-0.15, -0.1) is 0 Å². The van der Waals surface area contributed by atoms with Gasteiger partial charge in [-0.2, -0.15) is 4.31 Å². The molecule has 0 aromatic carbocycles. The fourth-order valence-electron chi connectivity index (χ4n) is 4.31. The molecule has 1 aromatic rings. The van der Waals surface area contributed by atoms with Crippen LogP contribution in [0.3, 0.4) is 0 Å². The van der Waals surface area contributed by atoms with Gasteiger partial charge in [0, 0.05) is 51.4 Å². The number of piperidine rings is 1. The van der Waals surface area contributed by atoms with Crippen molar-refractivity contribution < 1.29 is 13.2 Å². The first-order valence-corrected chi connectivity index (χ1v) is 11.9. The summed E-state index contributed by atoms with van der Waals surface area (Å²) in [5.74, 6) is 0.377. The maximum Gasteiger partial charge on any atom is 0.262 e. The first kappa shape index (κ1) is 19.8. The Labute approximate surface area is 167 Å². The minimum absolute atomic E-state index is 0.0311. The maximum atomic E-state index is 12.9. The summed E-state index contributed by atoms with van der Waals surface area (Å²) < 4.78 is 28.9. The molecular formula is C19H31N5O3S. The third kappa shape index (κ3) is 4.26. The lowest BCUT2D eigenvalue weighted by molar-refractivity contribution is -0.134. The van der Waals surface area contributed by atoms with Crippen LogP contribution < -0.4 is 0 Å². The van der Waals surface area contributed by atoms with Gasteiger partial charge in [-0.25, -0.2) is 13.4 Å². The molecule has 9 heteroatoms. The molecule has 156 valence electrons. The fraction of sp³-hybridized carbons (Fsp3) is 0.789. The van der Waals surface area contributed by atoms with Crippen LogP contribution in [0.15, 0.2) is 17.6 Å². The average Bonchev–Trinajstić information content (AvgIpc) is 3.25. The molecule has 1 amide bonds. The predicted octanol–water partition coefficient (Wildman–Crippen LogP) is 0.908. The van der Waals surface area contributed by atoms with E-state index in [0.29, 0.717) is 26.1 Å². The minimum atomic E-state index is -3.60. The Kier molecular flexibility index (Phi) is 5.76. The van der Waals surface area contributed by atoms with Gasteiger partial charge in [-0.05, 0) is 45.2 Å². The van der Waals surface area contributed by atoms with Gasteiger partial charge < -0.3 is 14.4 Å². The molecule has 2 aliphatic heterocycles. The molecule has 1 atom stereocenters. The van der Waals surface area contributed by atoms with E-state index in [-0.39, 0.29) is 22.9 Å². The number of carbonyl (C=O) groups is 1. The van der Waals surface area contributed by atoms with E-state index in [1.54, 1.807) is 11.6 Å². The van der Waals surface area contributed by atoms with E-state index >= 15 is 0 Å². The Hall–Kier alpha value is -1.45. The average molecular weight is 410 g/mol. The molecule has 0 radical (unpaired) electrons. The van der Waals surface area contributed by atoms with Crippen LogP contribution in [0.4, 0.5) is 0 Å². The summed E-state index contributed by atoms with van der Waals surface area (Å²) in [4.78, 5) is 21.4. The number of carbonyl (C=O) groups excluding carboxylic acids is 1. The van der Waals surface area contributed by atoms with Crippen LogP contribution in [0.2, 0.25) is 0 Å². The second-order valence-corrected chi connectivity index (χ2v) is 10.3. The lowest BCUT2D eigenvalue weighted by Gasteiger charge is -2.33. The number of aryl methyl sites for hydroxylation is 1. The third-order valence-electron chi connectivity index (χ3n) is 6.17. The van der Waals surface area contributed by atoms with Crippen molar-refractivity contribution in [3.63, 3.8) is 0 Å². The Bertz CT molecular complexity index is 798. The summed E-state index contributed by atoms with van der Waals surface area (Å²) in [6.45, 7) is 4.63. The number of hydrogen-bond acceptors (Lipinski definition) is 5. The van der Waals surface area contributed by atoms with Crippen molar-refractivity contribution in [3.8, 4) is 0 Å². The van der Waals surface area contributed by atoms with E-state index in [2.05, 4.69) is 9.88 Å². The molecule has 1 saturated carbocycles. The molecule has 0 N–H and O–H groups in total. The number of rotatable bonds is 7. The summed E-state index contributed by atoms with van der Waals surface area (Å²) in [7, 11) is -1.84. The number of imidazole rings is 1. The van der Waals surface area contributed by atoms with E-state index < -0.39 is 10.0 Å². The number of hydrogen-bond donors (Lipinski definition) is 0. The molecule has 0 spiro atoms. The second kappa shape index (κ2) is 8.12. The zero-order chi connectivity index (χ0) is 19.7. The van der Waals surface area contributed by atoms with Crippen LogP contribution in [0.25, 0.3) is 0 Å². The van der Waals surface area contributed by atoms with Gasteiger partial charge in [-0.3, -0.25) is 4.79 Å². The number of nitrogens with zero attached hydrogens (tertiary/aromatic N) is 5. The first-order chi connectivity index (χ1) is 13.4. The summed E-state index contributed by atoms with van der Waals surface area (Å²) in [6, 6.07) is -0.0311. The van der Waals surface area contributed by atoms with Gasteiger partial charge in [0.25, 0.3) is 10.0 Å². The number of sulfonamides is 1. The monoisotopic (exact) mass is 409 g/mol. The predicted molar refractivity (Wildman–Crippen MR) is 105 cm³/mol. The smallest absolute Gasteiger partial charge is 0.262 e.